The van der Waals surface area contributed by atoms with E-state index >= 15 is 0 Å². The lowest BCUT2D eigenvalue weighted by Crippen LogP contribution is -2.46. The van der Waals surface area contributed by atoms with Gasteiger partial charge in [-0.2, -0.15) is 0 Å². The maximum Gasteiger partial charge on any atom is 0.254 e. The van der Waals surface area contributed by atoms with Crippen LogP contribution >= 0.6 is 0 Å². The molecule has 0 saturated carbocycles. The number of nitrogens with one attached hydrogen (secondary N) is 1. The zero-order chi connectivity index (χ0) is 28.5. The molecule has 0 radical (unpaired) electrons. The number of nitrogens with zero attached hydrogens (tertiary/aromatic N) is 2. The number of aromatic nitrogens is 1. The molecule has 0 spiro atoms. The van der Waals surface area contributed by atoms with Crippen LogP contribution in [0.4, 0.5) is 0 Å². The van der Waals surface area contributed by atoms with E-state index in [1.165, 1.54) is 16.5 Å². The molecule has 0 unspecified atom stereocenters. The fourth-order valence-electron chi connectivity index (χ4n) is 4.93. The van der Waals surface area contributed by atoms with E-state index in [9.17, 15) is 9.59 Å². The Labute approximate surface area is 238 Å². The van der Waals surface area contributed by atoms with Gasteiger partial charge in [-0.25, -0.2) is 0 Å². The fraction of sp³-hybridized carbons (Fsp3) is 0.353. The summed E-state index contributed by atoms with van der Waals surface area (Å²) in [6, 6.07) is 23.7. The lowest BCUT2D eigenvalue weighted by molar-refractivity contribution is -0.132. The van der Waals surface area contributed by atoms with Gasteiger partial charge in [-0.15, -0.1) is 0 Å². The predicted molar refractivity (Wildman–Crippen MR) is 162 cm³/mol. The Kier molecular flexibility index (Phi) is 10.0. The standard InChI is InChI=1S/C34H41N3O3/c1-5-6-9-26-12-16-28(17-13-26)34(39)37(25(2)3)24-33(38)36(23-27-14-18-30(40-4)19-15-27)21-20-29-22-35-32-11-8-7-10-31(29)32/h7-8,10-19,22,25,35H,5-6,9,20-21,23-24H2,1-4H3. The molecule has 40 heavy (non-hydrogen) atoms. The number of amides is 2. The molecule has 0 aliphatic rings. The van der Waals surface area contributed by atoms with Crippen LogP contribution in [-0.2, 0) is 24.2 Å². The molecular weight excluding hydrogens is 498 g/mol. The van der Waals surface area contributed by atoms with E-state index in [4.69, 9.17) is 4.74 Å². The minimum absolute atomic E-state index is 0.0259. The Morgan fingerprint density at radius 2 is 1.60 bits per heavy atom. The molecule has 0 aliphatic heterocycles. The predicted octanol–water partition coefficient (Wildman–Crippen LogP) is 6.64. The second kappa shape index (κ2) is 13.8. The second-order valence-corrected chi connectivity index (χ2v) is 10.6. The molecule has 6 heteroatoms. The van der Waals surface area contributed by atoms with Crippen molar-refractivity contribution in [2.45, 2.75) is 59.0 Å². The first-order valence-corrected chi connectivity index (χ1v) is 14.2. The summed E-state index contributed by atoms with van der Waals surface area (Å²) in [6.45, 7) is 7.11. The molecule has 0 aliphatic carbocycles. The van der Waals surface area contributed by atoms with E-state index in [-0.39, 0.29) is 24.4 Å². The van der Waals surface area contributed by atoms with Gasteiger partial charge in [-0.1, -0.05) is 55.8 Å². The summed E-state index contributed by atoms with van der Waals surface area (Å²) in [5.74, 6) is 0.585. The number of benzene rings is 3. The molecule has 2 amide bonds. The molecule has 4 rings (SSSR count). The first-order chi connectivity index (χ1) is 19.4. The molecular formula is C34H41N3O3. The first-order valence-electron chi connectivity index (χ1n) is 14.2. The lowest BCUT2D eigenvalue weighted by atomic mass is 10.1. The number of rotatable bonds is 13. The van der Waals surface area contributed by atoms with Gasteiger partial charge in [-0.3, -0.25) is 9.59 Å². The maximum atomic E-state index is 13.8. The largest absolute Gasteiger partial charge is 0.497 e. The van der Waals surface area contributed by atoms with Crippen molar-refractivity contribution >= 4 is 22.7 Å². The zero-order valence-corrected chi connectivity index (χ0v) is 24.2. The van der Waals surface area contributed by atoms with Gasteiger partial charge in [0, 0.05) is 41.8 Å². The summed E-state index contributed by atoms with van der Waals surface area (Å²) in [5, 5.41) is 1.17. The Hall–Kier alpha value is -4.06. The highest BCUT2D eigenvalue weighted by molar-refractivity contribution is 5.96. The molecule has 4 aromatic rings. The van der Waals surface area contributed by atoms with E-state index < -0.39 is 0 Å². The molecule has 1 aromatic heterocycles. The van der Waals surface area contributed by atoms with Crippen molar-refractivity contribution in [1.29, 1.82) is 0 Å². The Morgan fingerprint density at radius 3 is 2.27 bits per heavy atom. The fourth-order valence-corrected chi connectivity index (χ4v) is 4.93. The van der Waals surface area contributed by atoms with Gasteiger partial charge in [0.2, 0.25) is 5.91 Å². The molecule has 210 valence electrons. The van der Waals surface area contributed by atoms with Gasteiger partial charge in [0.05, 0.1) is 7.11 Å². The minimum Gasteiger partial charge on any atom is -0.497 e. The topological polar surface area (TPSA) is 65.6 Å². The maximum absolute atomic E-state index is 13.8. The average molecular weight is 540 g/mol. The number of methoxy groups -OCH3 is 1. The number of fused-ring (bicyclic) bond motifs is 1. The van der Waals surface area contributed by atoms with Crippen LogP contribution in [0.5, 0.6) is 5.75 Å². The van der Waals surface area contributed by atoms with Crippen molar-refractivity contribution < 1.29 is 14.3 Å². The van der Waals surface area contributed by atoms with Crippen LogP contribution in [0.25, 0.3) is 10.9 Å². The van der Waals surface area contributed by atoms with Gasteiger partial charge in [0.15, 0.2) is 0 Å². The lowest BCUT2D eigenvalue weighted by Gasteiger charge is -2.30. The third-order valence-electron chi connectivity index (χ3n) is 7.42. The van der Waals surface area contributed by atoms with Crippen LogP contribution in [0, 0.1) is 0 Å². The number of carbonyl (C=O) groups excluding carboxylic acids is 2. The van der Waals surface area contributed by atoms with Crippen molar-refractivity contribution in [3.8, 4) is 5.75 Å². The van der Waals surface area contributed by atoms with E-state index in [0.717, 1.165) is 36.1 Å². The number of para-hydroxylation sites is 1. The number of ether oxygens (including phenoxy) is 1. The molecule has 1 heterocycles. The van der Waals surface area contributed by atoms with Crippen molar-refractivity contribution in [3.05, 3.63) is 101 Å². The van der Waals surface area contributed by atoms with Crippen molar-refractivity contribution in [2.24, 2.45) is 0 Å². The Morgan fingerprint density at radius 1 is 0.900 bits per heavy atom. The monoisotopic (exact) mass is 539 g/mol. The number of aryl methyl sites for hydroxylation is 1. The smallest absolute Gasteiger partial charge is 0.254 e. The number of hydrogen-bond acceptors (Lipinski definition) is 3. The van der Waals surface area contributed by atoms with Crippen LogP contribution in [0.3, 0.4) is 0 Å². The Balaban J connectivity index is 1.51. The van der Waals surface area contributed by atoms with Crippen LogP contribution in [0.1, 0.15) is 60.7 Å². The third-order valence-corrected chi connectivity index (χ3v) is 7.42. The Bertz CT molecular complexity index is 1390. The van der Waals surface area contributed by atoms with E-state index in [1.54, 1.807) is 12.0 Å². The van der Waals surface area contributed by atoms with Gasteiger partial charge in [0.1, 0.15) is 12.3 Å². The van der Waals surface area contributed by atoms with Crippen molar-refractivity contribution in [3.63, 3.8) is 0 Å². The normalized spacial score (nSPS) is 11.1. The third kappa shape index (κ3) is 7.32. The highest BCUT2D eigenvalue weighted by Crippen LogP contribution is 2.20. The van der Waals surface area contributed by atoms with E-state index in [0.29, 0.717) is 25.1 Å². The zero-order valence-electron chi connectivity index (χ0n) is 24.2. The number of unbranched alkanes of at least 4 members (excludes halogenated alkanes) is 1. The number of aromatic amines is 1. The van der Waals surface area contributed by atoms with Crippen LogP contribution in [0.2, 0.25) is 0 Å². The van der Waals surface area contributed by atoms with Gasteiger partial charge < -0.3 is 19.5 Å². The molecule has 0 atom stereocenters. The summed E-state index contributed by atoms with van der Waals surface area (Å²) >= 11 is 0. The molecule has 1 N–H and O–H groups in total. The van der Waals surface area contributed by atoms with Gasteiger partial charge in [0.25, 0.3) is 5.91 Å². The van der Waals surface area contributed by atoms with E-state index in [1.807, 2.05) is 85.6 Å². The quantitative estimate of drug-likeness (QED) is 0.207. The molecule has 3 aromatic carbocycles. The minimum atomic E-state index is -0.119. The number of hydrogen-bond donors (Lipinski definition) is 1. The number of carbonyl (C=O) groups is 2. The number of H-pyrrole nitrogens is 1. The van der Waals surface area contributed by atoms with Crippen LogP contribution in [-0.4, -0.2) is 52.8 Å². The summed E-state index contributed by atoms with van der Waals surface area (Å²) in [7, 11) is 1.64. The van der Waals surface area contributed by atoms with Gasteiger partial charge >= 0.3 is 0 Å². The van der Waals surface area contributed by atoms with Gasteiger partial charge in [-0.05, 0) is 80.1 Å². The second-order valence-electron chi connectivity index (χ2n) is 10.6. The SMILES string of the molecule is CCCCc1ccc(C(=O)N(CC(=O)N(CCc2c[nH]c3ccccc23)Cc2ccc(OC)cc2)C(C)C)cc1. The average Bonchev–Trinajstić information content (AvgIpc) is 3.40. The van der Waals surface area contributed by atoms with Crippen molar-refractivity contribution in [1.82, 2.24) is 14.8 Å². The van der Waals surface area contributed by atoms with Crippen LogP contribution < -0.4 is 4.74 Å². The molecule has 0 saturated heterocycles. The molecule has 0 bridgehead atoms. The highest BCUT2D eigenvalue weighted by atomic mass is 16.5. The molecule has 0 fully saturated rings. The summed E-state index contributed by atoms with van der Waals surface area (Å²) in [4.78, 5) is 34.2. The van der Waals surface area contributed by atoms with E-state index in [2.05, 4.69) is 24.0 Å². The summed E-state index contributed by atoms with van der Waals surface area (Å²) < 4.78 is 5.30. The summed E-state index contributed by atoms with van der Waals surface area (Å²) in [6.07, 6.45) is 6.00. The van der Waals surface area contributed by atoms with Crippen molar-refractivity contribution in [2.75, 3.05) is 20.2 Å². The first kappa shape index (κ1) is 28.9. The van der Waals surface area contributed by atoms with Crippen LogP contribution in [0.15, 0.2) is 79.0 Å². The highest BCUT2D eigenvalue weighted by Gasteiger charge is 2.25. The molecule has 6 nitrogen and oxygen atoms in total. The summed E-state index contributed by atoms with van der Waals surface area (Å²) in [5.41, 5.74) is 5.11.